The smallest absolute Gasteiger partial charge is 0.245 e. The fourth-order valence-corrected chi connectivity index (χ4v) is 2.24. The van der Waals surface area contributed by atoms with Crippen molar-refractivity contribution in [3.05, 3.63) is 24.3 Å². The highest BCUT2D eigenvalue weighted by molar-refractivity contribution is 5.98. The van der Waals surface area contributed by atoms with Crippen molar-refractivity contribution < 1.29 is 9.53 Å². The minimum absolute atomic E-state index is 0.0662. The minimum Gasteiger partial charge on any atom is -0.495 e. The molecule has 0 bridgehead atoms. The number of carbonyl (C=O) groups excluding carboxylic acids is 1. The van der Waals surface area contributed by atoms with Crippen molar-refractivity contribution in [2.75, 3.05) is 25.1 Å². The number of amides is 1. The van der Waals surface area contributed by atoms with Crippen LogP contribution in [0.15, 0.2) is 24.3 Å². The fourth-order valence-electron chi connectivity index (χ4n) is 2.24. The molecule has 0 aromatic heterocycles. The summed E-state index contributed by atoms with van der Waals surface area (Å²) in [5.74, 6) is 0.608. The van der Waals surface area contributed by atoms with Crippen LogP contribution in [0.2, 0.25) is 0 Å². The molecule has 0 spiro atoms. The van der Waals surface area contributed by atoms with E-state index in [1.165, 1.54) is 0 Å². The zero-order valence-electron chi connectivity index (χ0n) is 10.9. The third-order valence-corrected chi connectivity index (χ3v) is 3.18. The molecule has 5 heteroatoms. The van der Waals surface area contributed by atoms with Crippen LogP contribution >= 0.6 is 0 Å². The number of hydrogen-bond acceptors (Lipinski definition) is 4. The Balaban J connectivity index is 2.31. The zero-order chi connectivity index (χ0) is 13.7. The van der Waals surface area contributed by atoms with Crippen LogP contribution in [0.1, 0.15) is 12.8 Å². The first-order valence-corrected chi connectivity index (χ1v) is 6.32. The summed E-state index contributed by atoms with van der Waals surface area (Å²) in [4.78, 5) is 14.2. The molecule has 1 aromatic rings. The summed E-state index contributed by atoms with van der Waals surface area (Å²) in [6.45, 7) is 1.37. The highest BCUT2D eigenvalue weighted by atomic mass is 16.5. The first-order valence-electron chi connectivity index (χ1n) is 6.32. The number of benzene rings is 1. The lowest BCUT2D eigenvalue weighted by atomic mass is 10.1. The molecule has 1 aliphatic rings. The van der Waals surface area contributed by atoms with Gasteiger partial charge in [-0.25, -0.2) is 0 Å². The van der Waals surface area contributed by atoms with Gasteiger partial charge in [-0.05, 0) is 25.1 Å². The van der Waals surface area contributed by atoms with Crippen LogP contribution in [-0.4, -0.2) is 32.1 Å². The highest BCUT2D eigenvalue weighted by Crippen LogP contribution is 2.29. The summed E-state index contributed by atoms with van der Waals surface area (Å²) >= 11 is 0. The Morgan fingerprint density at radius 1 is 1.53 bits per heavy atom. The molecule has 100 valence electrons. The second-order valence-electron chi connectivity index (χ2n) is 4.38. The molecule has 1 unspecified atom stereocenters. The molecule has 1 amide bonds. The van der Waals surface area contributed by atoms with E-state index in [1.54, 1.807) is 12.0 Å². The molecule has 19 heavy (non-hydrogen) atoms. The summed E-state index contributed by atoms with van der Waals surface area (Å²) in [6, 6.07) is 9.07. The Bertz CT molecular complexity index is 496. The lowest BCUT2D eigenvalue weighted by molar-refractivity contribution is -0.120. The Kier molecular flexibility index (Phi) is 4.37. The third-order valence-electron chi connectivity index (χ3n) is 3.18. The number of nitriles is 1. The molecule has 0 saturated carbocycles. The molecule has 1 fully saturated rings. The van der Waals surface area contributed by atoms with Gasteiger partial charge in [0.15, 0.2) is 0 Å². The Hall–Kier alpha value is -2.06. The van der Waals surface area contributed by atoms with E-state index in [-0.39, 0.29) is 12.3 Å². The molecule has 1 aromatic carbocycles. The molecular weight excluding hydrogens is 242 g/mol. The standard InChI is InChI=1S/C14H17N3O2/c1-19-13-6-3-2-5-12(13)17-10-4-9-16-11(7-8-15)14(17)18/h2-3,5-6,11,16H,4,7,9-10H2,1H3. The number of anilines is 1. The average Bonchev–Trinajstić information content (AvgIpc) is 2.62. The van der Waals surface area contributed by atoms with Gasteiger partial charge in [-0.3, -0.25) is 4.79 Å². The molecule has 1 aliphatic heterocycles. The largest absolute Gasteiger partial charge is 0.495 e. The second-order valence-corrected chi connectivity index (χ2v) is 4.38. The summed E-state index contributed by atoms with van der Waals surface area (Å²) < 4.78 is 5.30. The summed E-state index contributed by atoms with van der Waals surface area (Å²) in [5, 5.41) is 11.9. The van der Waals surface area contributed by atoms with E-state index in [0.29, 0.717) is 12.3 Å². The first kappa shape index (κ1) is 13.4. The molecule has 2 rings (SSSR count). The van der Waals surface area contributed by atoms with Crippen LogP contribution in [0.5, 0.6) is 5.75 Å². The predicted molar refractivity (Wildman–Crippen MR) is 72.0 cm³/mol. The summed E-state index contributed by atoms with van der Waals surface area (Å²) in [7, 11) is 1.59. The predicted octanol–water partition coefficient (Wildman–Crippen LogP) is 1.30. The van der Waals surface area contributed by atoms with E-state index in [1.807, 2.05) is 24.3 Å². The summed E-state index contributed by atoms with van der Waals surface area (Å²) in [6.07, 6.45) is 1.04. The van der Waals surface area contributed by atoms with E-state index in [4.69, 9.17) is 10.00 Å². The van der Waals surface area contributed by atoms with Gasteiger partial charge >= 0.3 is 0 Å². The molecule has 5 nitrogen and oxygen atoms in total. The van der Waals surface area contributed by atoms with E-state index in [2.05, 4.69) is 11.4 Å². The lowest BCUT2D eigenvalue weighted by Crippen LogP contribution is -2.43. The summed E-state index contributed by atoms with van der Waals surface area (Å²) in [5.41, 5.74) is 0.765. The van der Waals surface area contributed by atoms with Crippen molar-refractivity contribution in [3.63, 3.8) is 0 Å². The van der Waals surface area contributed by atoms with Gasteiger partial charge in [0, 0.05) is 6.54 Å². The molecule has 0 radical (unpaired) electrons. The van der Waals surface area contributed by atoms with Gasteiger partial charge in [-0.1, -0.05) is 12.1 Å². The fraction of sp³-hybridized carbons (Fsp3) is 0.429. The van der Waals surface area contributed by atoms with E-state index in [0.717, 1.165) is 18.7 Å². The second kappa shape index (κ2) is 6.21. The van der Waals surface area contributed by atoms with Crippen LogP contribution in [0.4, 0.5) is 5.69 Å². The third kappa shape index (κ3) is 2.85. The number of nitrogens with zero attached hydrogens (tertiary/aromatic N) is 2. The van der Waals surface area contributed by atoms with Gasteiger partial charge < -0.3 is 15.0 Å². The Morgan fingerprint density at radius 3 is 3.05 bits per heavy atom. The van der Waals surface area contributed by atoms with Crippen molar-refractivity contribution in [2.45, 2.75) is 18.9 Å². The number of carbonyl (C=O) groups is 1. The van der Waals surface area contributed by atoms with Gasteiger partial charge in [0.1, 0.15) is 11.8 Å². The number of nitrogens with one attached hydrogen (secondary N) is 1. The van der Waals surface area contributed by atoms with Gasteiger partial charge in [-0.2, -0.15) is 5.26 Å². The van der Waals surface area contributed by atoms with Gasteiger partial charge in [-0.15, -0.1) is 0 Å². The zero-order valence-corrected chi connectivity index (χ0v) is 10.9. The van der Waals surface area contributed by atoms with E-state index < -0.39 is 6.04 Å². The molecule has 0 aliphatic carbocycles. The molecule has 1 atom stereocenters. The van der Waals surface area contributed by atoms with Crippen molar-refractivity contribution in [1.82, 2.24) is 5.32 Å². The Labute approximate surface area is 112 Å². The van der Waals surface area contributed by atoms with Gasteiger partial charge in [0.25, 0.3) is 0 Å². The topological polar surface area (TPSA) is 65.4 Å². The van der Waals surface area contributed by atoms with Gasteiger partial charge in [0.05, 0.1) is 25.3 Å². The highest BCUT2D eigenvalue weighted by Gasteiger charge is 2.28. The van der Waals surface area contributed by atoms with Crippen LogP contribution in [-0.2, 0) is 4.79 Å². The van der Waals surface area contributed by atoms with E-state index >= 15 is 0 Å². The first-order chi connectivity index (χ1) is 9.27. The number of ether oxygens (including phenoxy) is 1. The maximum atomic E-state index is 12.5. The quantitative estimate of drug-likeness (QED) is 0.888. The molecular formula is C14H17N3O2. The van der Waals surface area contributed by atoms with Crippen LogP contribution < -0.4 is 15.0 Å². The van der Waals surface area contributed by atoms with Crippen LogP contribution in [0, 0.1) is 11.3 Å². The minimum atomic E-state index is -0.433. The molecule has 1 N–H and O–H groups in total. The van der Waals surface area contributed by atoms with E-state index in [9.17, 15) is 4.79 Å². The van der Waals surface area contributed by atoms with Crippen molar-refractivity contribution >= 4 is 11.6 Å². The van der Waals surface area contributed by atoms with Crippen molar-refractivity contribution in [2.24, 2.45) is 0 Å². The molecule has 1 heterocycles. The normalized spacial score (nSPS) is 19.7. The molecule has 1 saturated heterocycles. The van der Waals surface area contributed by atoms with Crippen LogP contribution in [0.25, 0.3) is 0 Å². The SMILES string of the molecule is COc1ccccc1N1CCCNC(CC#N)C1=O. The number of hydrogen-bond donors (Lipinski definition) is 1. The number of methoxy groups -OCH3 is 1. The van der Waals surface area contributed by atoms with Crippen molar-refractivity contribution in [3.8, 4) is 11.8 Å². The monoisotopic (exact) mass is 259 g/mol. The number of para-hydroxylation sites is 2. The maximum absolute atomic E-state index is 12.5. The maximum Gasteiger partial charge on any atom is 0.245 e. The Morgan fingerprint density at radius 2 is 2.32 bits per heavy atom. The van der Waals surface area contributed by atoms with Gasteiger partial charge in [0.2, 0.25) is 5.91 Å². The average molecular weight is 259 g/mol. The van der Waals surface area contributed by atoms with Crippen LogP contribution in [0.3, 0.4) is 0 Å². The lowest BCUT2D eigenvalue weighted by Gasteiger charge is -2.25. The van der Waals surface area contributed by atoms with Crippen molar-refractivity contribution in [1.29, 1.82) is 5.26 Å². The number of rotatable bonds is 3.